The third-order valence-corrected chi connectivity index (χ3v) is 4.20. The Hall–Kier alpha value is -1.12. The Labute approximate surface area is 124 Å². The van der Waals surface area contributed by atoms with Crippen molar-refractivity contribution in [1.29, 1.82) is 0 Å². The highest BCUT2D eigenvalue weighted by Gasteiger charge is 1.98. The van der Waals surface area contributed by atoms with Gasteiger partial charge < -0.3 is 5.32 Å². The number of hydrogen-bond acceptors (Lipinski definition) is 1. The zero-order chi connectivity index (χ0) is 13.7. The van der Waals surface area contributed by atoms with E-state index in [-0.39, 0.29) is 0 Å². The van der Waals surface area contributed by atoms with Gasteiger partial charge in [0, 0.05) is 17.6 Å². The Kier molecular flexibility index (Phi) is 5.17. The van der Waals surface area contributed by atoms with Crippen LogP contribution in [-0.2, 0) is 19.5 Å². The van der Waals surface area contributed by atoms with E-state index < -0.39 is 0 Å². The van der Waals surface area contributed by atoms with Crippen molar-refractivity contribution in [2.45, 2.75) is 33.4 Å². The molecule has 2 aromatic carbocycles. The number of benzene rings is 2. The highest BCUT2D eigenvalue weighted by atomic mass is 79.9. The standard InChI is InChI=1S/C17H20BrN/c1-3-14-4-6-15(7-5-14)11-19-12-16-8-9-17(18)13(2)10-16/h4-10,19H,3,11-12H2,1-2H3. The Bertz CT molecular complexity index is 531. The summed E-state index contributed by atoms with van der Waals surface area (Å²) >= 11 is 3.53. The van der Waals surface area contributed by atoms with Crippen LogP contribution in [0.25, 0.3) is 0 Å². The van der Waals surface area contributed by atoms with Crippen molar-refractivity contribution < 1.29 is 0 Å². The maximum Gasteiger partial charge on any atom is 0.0208 e. The first-order valence-corrected chi connectivity index (χ1v) is 7.52. The normalized spacial score (nSPS) is 10.7. The smallest absolute Gasteiger partial charge is 0.0208 e. The second-order valence-electron chi connectivity index (χ2n) is 4.86. The van der Waals surface area contributed by atoms with Crippen molar-refractivity contribution in [1.82, 2.24) is 5.32 Å². The molecule has 0 aliphatic carbocycles. The third-order valence-electron chi connectivity index (χ3n) is 3.31. The molecule has 0 amide bonds. The SMILES string of the molecule is CCc1ccc(CNCc2ccc(Br)c(C)c2)cc1. The Morgan fingerprint density at radius 3 is 2.11 bits per heavy atom. The maximum atomic E-state index is 3.53. The lowest BCUT2D eigenvalue weighted by atomic mass is 10.1. The van der Waals surface area contributed by atoms with E-state index in [2.05, 4.69) is 77.6 Å². The van der Waals surface area contributed by atoms with Gasteiger partial charge >= 0.3 is 0 Å². The molecule has 2 aromatic rings. The summed E-state index contributed by atoms with van der Waals surface area (Å²) in [5.74, 6) is 0. The van der Waals surface area contributed by atoms with Crippen LogP contribution in [0.1, 0.15) is 29.2 Å². The molecule has 0 atom stereocenters. The van der Waals surface area contributed by atoms with Gasteiger partial charge in [-0.2, -0.15) is 0 Å². The topological polar surface area (TPSA) is 12.0 Å². The molecule has 0 saturated carbocycles. The first-order chi connectivity index (χ1) is 9.19. The number of aryl methyl sites for hydroxylation is 2. The van der Waals surface area contributed by atoms with Crippen LogP contribution in [-0.4, -0.2) is 0 Å². The molecule has 0 spiro atoms. The summed E-state index contributed by atoms with van der Waals surface area (Å²) in [5.41, 5.74) is 5.34. The van der Waals surface area contributed by atoms with Crippen LogP contribution in [0.3, 0.4) is 0 Å². The summed E-state index contributed by atoms with van der Waals surface area (Å²) in [6.07, 6.45) is 1.10. The molecule has 0 radical (unpaired) electrons. The van der Waals surface area contributed by atoms with Crippen LogP contribution in [0.2, 0.25) is 0 Å². The molecule has 0 fully saturated rings. The summed E-state index contributed by atoms with van der Waals surface area (Å²) in [6.45, 7) is 6.13. The molecule has 0 aromatic heterocycles. The Morgan fingerprint density at radius 2 is 1.47 bits per heavy atom. The average molecular weight is 318 g/mol. The van der Waals surface area contributed by atoms with Crippen molar-refractivity contribution >= 4 is 15.9 Å². The molecule has 0 bridgehead atoms. The van der Waals surface area contributed by atoms with Gasteiger partial charge in [0.05, 0.1) is 0 Å². The minimum atomic E-state index is 0.906. The summed E-state index contributed by atoms with van der Waals surface area (Å²) in [7, 11) is 0. The maximum absolute atomic E-state index is 3.53. The molecule has 0 aliphatic heterocycles. The number of halogens is 1. The van der Waals surface area contributed by atoms with Crippen LogP contribution in [0.5, 0.6) is 0 Å². The van der Waals surface area contributed by atoms with Gasteiger partial charge in [-0.25, -0.2) is 0 Å². The van der Waals surface area contributed by atoms with Crippen molar-refractivity contribution in [2.24, 2.45) is 0 Å². The van der Waals surface area contributed by atoms with Gasteiger partial charge in [0.15, 0.2) is 0 Å². The minimum absolute atomic E-state index is 0.906. The highest BCUT2D eigenvalue weighted by molar-refractivity contribution is 9.10. The fraction of sp³-hybridized carbons (Fsp3) is 0.294. The lowest BCUT2D eigenvalue weighted by Gasteiger charge is -2.07. The second kappa shape index (κ2) is 6.88. The first-order valence-electron chi connectivity index (χ1n) is 6.72. The number of nitrogens with one attached hydrogen (secondary N) is 1. The van der Waals surface area contributed by atoms with Crippen molar-refractivity contribution in [3.63, 3.8) is 0 Å². The van der Waals surface area contributed by atoms with E-state index in [1.165, 1.54) is 26.7 Å². The van der Waals surface area contributed by atoms with Crippen LogP contribution >= 0.6 is 15.9 Å². The zero-order valence-corrected chi connectivity index (χ0v) is 13.1. The Balaban J connectivity index is 1.86. The van der Waals surface area contributed by atoms with Crippen LogP contribution < -0.4 is 5.32 Å². The monoisotopic (exact) mass is 317 g/mol. The fourth-order valence-corrected chi connectivity index (χ4v) is 2.31. The molecule has 100 valence electrons. The molecular weight excluding hydrogens is 298 g/mol. The van der Waals surface area contributed by atoms with E-state index in [4.69, 9.17) is 0 Å². The van der Waals surface area contributed by atoms with Gasteiger partial charge in [-0.15, -0.1) is 0 Å². The molecule has 0 aliphatic rings. The number of hydrogen-bond donors (Lipinski definition) is 1. The van der Waals surface area contributed by atoms with Gasteiger partial charge in [-0.05, 0) is 41.7 Å². The van der Waals surface area contributed by atoms with E-state index in [0.717, 1.165) is 19.5 Å². The molecule has 19 heavy (non-hydrogen) atoms. The second-order valence-corrected chi connectivity index (χ2v) is 5.71. The summed E-state index contributed by atoms with van der Waals surface area (Å²) in [5, 5.41) is 3.49. The summed E-state index contributed by atoms with van der Waals surface area (Å²) in [4.78, 5) is 0. The number of rotatable bonds is 5. The molecule has 2 heteroatoms. The van der Waals surface area contributed by atoms with Crippen molar-refractivity contribution in [3.8, 4) is 0 Å². The predicted molar refractivity (Wildman–Crippen MR) is 85.2 cm³/mol. The molecule has 0 saturated heterocycles. The molecule has 2 rings (SSSR count). The van der Waals surface area contributed by atoms with Gasteiger partial charge in [0.1, 0.15) is 0 Å². The summed E-state index contributed by atoms with van der Waals surface area (Å²) in [6, 6.07) is 15.3. The summed E-state index contributed by atoms with van der Waals surface area (Å²) < 4.78 is 1.17. The van der Waals surface area contributed by atoms with Crippen LogP contribution in [0.4, 0.5) is 0 Å². The van der Waals surface area contributed by atoms with E-state index in [1.54, 1.807) is 0 Å². The van der Waals surface area contributed by atoms with Gasteiger partial charge in [0.25, 0.3) is 0 Å². The third kappa shape index (κ3) is 4.19. The van der Waals surface area contributed by atoms with Gasteiger partial charge in [-0.1, -0.05) is 59.3 Å². The molecule has 0 heterocycles. The van der Waals surface area contributed by atoms with Crippen LogP contribution in [0, 0.1) is 6.92 Å². The van der Waals surface area contributed by atoms with E-state index in [9.17, 15) is 0 Å². The van der Waals surface area contributed by atoms with E-state index >= 15 is 0 Å². The Morgan fingerprint density at radius 1 is 0.895 bits per heavy atom. The largest absolute Gasteiger partial charge is 0.309 e. The molecular formula is C17H20BrN. The molecule has 1 N–H and O–H groups in total. The van der Waals surface area contributed by atoms with Crippen molar-refractivity contribution in [3.05, 3.63) is 69.2 Å². The minimum Gasteiger partial charge on any atom is -0.309 e. The molecule has 1 nitrogen and oxygen atoms in total. The lowest BCUT2D eigenvalue weighted by molar-refractivity contribution is 0.692. The van der Waals surface area contributed by atoms with Crippen LogP contribution in [0.15, 0.2) is 46.9 Å². The van der Waals surface area contributed by atoms with Gasteiger partial charge in [0.2, 0.25) is 0 Å². The molecule has 0 unspecified atom stereocenters. The zero-order valence-electron chi connectivity index (χ0n) is 11.5. The fourth-order valence-electron chi connectivity index (χ4n) is 2.06. The van der Waals surface area contributed by atoms with Gasteiger partial charge in [-0.3, -0.25) is 0 Å². The predicted octanol–water partition coefficient (Wildman–Crippen LogP) is 4.61. The lowest BCUT2D eigenvalue weighted by Crippen LogP contribution is -2.12. The van der Waals surface area contributed by atoms with E-state index in [1.807, 2.05) is 0 Å². The van der Waals surface area contributed by atoms with E-state index in [0.29, 0.717) is 0 Å². The van der Waals surface area contributed by atoms with Crippen molar-refractivity contribution in [2.75, 3.05) is 0 Å². The average Bonchev–Trinajstić information content (AvgIpc) is 2.43. The highest BCUT2D eigenvalue weighted by Crippen LogP contribution is 2.17. The quantitative estimate of drug-likeness (QED) is 0.849. The first kappa shape index (κ1) is 14.3.